The molecule has 0 saturated carbocycles. The molecule has 0 aliphatic carbocycles. The van der Waals surface area contributed by atoms with Crippen LogP contribution in [0.4, 0.5) is 0 Å². The van der Waals surface area contributed by atoms with E-state index < -0.39 is 0 Å². The number of hydrogen-bond acceptors (Lipinski definition) is 2. The standard InChI is InChI=1S/C25H32N2O2/c1-6-18-10-9-12-20-22(15-26-25(18)20)21(14-24(28)27-17(4)16(2)3)19-11-7-8-13-23(19)29-5/h7-13,15-17,21,26H,6,14H2,1-5H3,(H,27,28)/t17-,21-/m0/s1. The number of aromatic nitrogens is 1. The van der Waals surface area contributed by atoms with Crippen LogP contribution in [0.1, 0.15) is 56.7 Å². The third-order valence-corrected chi connectivity index (χ3v) is 5.88. The molecule has 2 N–H and O–H groups in total. The first-order chi connectivity index (χ1) is 14.0. The Balaban J connectivity index is 2.05. The van der Waals surface area contributed by atoms with Crippen molar-refractivity contribution in [3.8, 4) is 5.75 Å². The Morgan fingerprint density at radius 2 is 1.83 bits per heavy atom. The summed E-state index contributed by atoms with van der Waals surface area (Å²) < 4.78 is 5.64. The first-order valence-electron chi connectivity index (χ1n) is 10.5. The second-order valence-corrected chi connectivity index (χ2v) is 8.04. The number of carbonyl (C=O) groups excluding carboxylic acids is 1. The van der Waals surface area contributed by atoms with Crippen molar-refractivity contribution in [1.82, 2.24) is 10.3 Å². The lowest BCUT2D eigenvalue weighted by Gasteiger charge is -2.22. The van der Waals surface area contributed by atoms with E-state index in [9.17, 15) is 4.79 Å². The number of benzene rings is 2. The quantitative estimate of drug-likeness (QED) is 0.538. The minimum Gasteiger partial charge on any atom is -0.496 e. The van der Waals surface area contributed by atoms with Crippen molar-refractivity contribution in [2.75, 3.05) is 7.11 Å². The number of carbonyl (C=O) groups is 1. The molecule has 3 aromatic rings. The van der Waals surface area contributed by atoms with Gasteiger partial charge in [0.2, 0.25) is 5.91 Å². The Bertz CT molecular complexity index is 974. The van der Waals surface area contributed by atoms with Gasteiger partial charge in [-0.1, -0.05) is 57.2 Å². The van der Waals surface area contributed by atoms with Crippen LogP contribution in [0.2, 0.25) is 0 Å². The van der Waals surface area contributed by atoms with E-state index >= 15 is 0 Å². The third kappa shape index (κ3) is 4.47. The highest BCUT2D eigenvalue weighted by Crippen LogP contribution is 2.38. The molecule has 1 aromatic heterocycles. The molecule has 0 bridgehead atoms. The van der Waals surface area contributed by atoms with Crippen molar-refractivity contribution in [3.63, 3.8) is 0 Å². The lowest BCUT2D eigenvalue weighted by Crippen LogP contribution is -2.36. The molecule has 0 aliphatic rings. The van der Waals surface area contributed by atoms with E-state index in [1.54, 1.807) is 7.11 Å². The average Bonchev–Trinajstić information content (AvgIpc) is 3.15. The van der Waals surface area contributed by atoms with E-state index in [1.165, 1.54) is 10.9 Å². The van der Waals surface area contributed by atoms with E-state index in [4.69, 9.17) is 4.74 Å². The summed E-state index contributed by atoms with van der Waals surface area (Å²) >= 11 is 0. The highest BCUT2D eigenvalue weighted by molar-refractivity contribution is 5.88. The van der Waals surface area contributed by atoms with Crippen LogP contribution in [0.25, 0.3) is 10.9 Å². The maximum atomic E-state index is 12.9. The molecule has 2 aromatic carbocycles. The number of ether oxygens (including phenoxy) is 1. The minimum atomic E-state index is -0.0913. The molecule has 1 amide bonds. The fourth-order valence-electron chi connectivity index (χ4n) is 3.83. The fraction of sp³-hybridized carbons (Fsp3) is 0.400. The van der Waals surface area contributed by atoms with Crippen LogP contribution >= 0.6 is 0 Å². The summed E-state index contributed by atoms with van der Waals surface area (Å²) in [7, 11) is 1.68. The Kier molecular flexibility index (Phi) is 6.63. The summed E-state index contributed by atoms with van der Waals surface area (Å²) in [6.45, 7) is 8.46. The average molecular weight is 393 g/mol. The van der Waals surface area contributed by atoms with E-state index in [2.05, 4.69) is 68.5 Å². The van der Waals surface area contributed by atoms with Gasteiger partial charge < -0.3 is 15.0 Å². The molecule has 154 valence electrons. The fourth-order valence-corrected chi connectivity index (χ4v) is 3.83. The maximum Gasteiger partial charge on any atom is 0.221 e. The minimum absolute atomic E-state index is 0.0584. The summed E-state index contributed by atoms with van der Waals surface area (Å²) in [4.78, 5) is 16.4. The number of rotatable bonds is 8. The van der Waals surface area contributed by atoms with Crippen molar-refractivity contribution in [2.45, 2.75) is 52.5 Å². The number of methoxy groups -OCH3 is 1. The third-order valence-electron chi connectivity index (χ3n) is 5.88. The largest absolute Gasteiger partial charge is 0.496 e. The van der Waals surface area contributed by atoms with Crippen molar-refractivity contribution in [2.24, 2.45) is 5.92 Å². The lowest BCUT2D eigenvalue weighted by atomic mass is 9.86. The van der Waals surface area contributed by atoms with Gasteiger partial charge in [0.25, 0.3) is 0 Å². The maximum absolute atomic E-state index is 12.9. The lowest BCUT2D eigenvalue weighted by molar-refractivity contribution is -0.122. The second kappa shape index (κ2) is 9.17. The summed E-state index contributed by atoms with van der Waals surface area (Å²) in [5, 5.41) is 4.33. The Morgan fingerprint density at radius 1 is 1.07 bits per heavy atom. The van der Waals surface area contributed by atoms with Gasteiger partial charge in [-0.2, -0.15) is 0 Å². The molecule has 4 nitrogen and oxygen atoms in total. The molecule has 0 spiro atoms. The zero-order chi connectivity index (χ0) is 21.0. The number of H-pyrrole nitrogens is 1. The highest BCUT2D eigenvalue weighted by Gasteiger charge is 2.25. The zero-order valence-corrected chi connectivity index (χ0v) is 18.1. The summed E-state index contributed by atoms with van der Waals surface area (Å²) in [6.07, 6.45) is 3.39. The molecule has 1 heterocycles. The SMILES string of the molecule is CCc1cccc2c([C@@H](CC(=O)N[C@@H](C)C(C)C)c3ccccc3OC)c[nH]c12. The van der Waals surface area contributed by atoms with Crippen molar-refractivity contribution >= 4 is 16.8 Å². The molecule has 0 saturated heterocycles. The number of nitrogens with one attached hydrogen (secondary N) is 2. The molecular formula is C25H32N2O2. The molecule has 0 unspecified atom stereocenters. The van der Waals surface area contributed by atoms with Crippen molar-refractivity contribution < 1.29 is 9.53 Å². The van der Waals surface area contributed by atoms with E-state index in [0.717, 1.165) is 28.8 Å². The van der Waals surface area contributed by atoms with Gasteiger partial charge in [-0.15, -0.1) is 0 Å². The van der Waals surface area contributed by atoms with Gasteiger partial charge in [-0.3, -0.25) is 4.79 Å². The monoisotopic (exact) mass is 392 g/mol. The van der Waals surface area contributed by atoms with Crippen molar-refractivity contribution in [1.29, 1.82) is 0 Å². The van der Waals surface area contributed by atoms with Gasteiger partial charge in [-0.25, -0.2) is 0 Å². The molecular weight excluding hydrogens is 360 g/mol. The normalized spacial score (nSPS) is 13.4. The van der Waals surface area contributed by atoms with Crippen LogP contribution in [-0.4, -0.2) is 24.0 Å². The smallest absolute Gasteiger partial charge is 0.221 e. The number of aromatic amines is 1. The number of fused-ring (bicyclic) bond motifs is 1. The Hall–Kier alpha value is -2.75. The predicted octanol–water partition coefficient (Wildman–Crippen LogP) is 5.42. The molecule has 0 aliphatic heterocycles. The van der Waals surface area contributed by atoms with Crippen LogP contribution in [0.3, 0.4) is 0 Å². The number of aryl methyl sites for hydroxylation is 1. The highest BCUT2D eigenvalue weighted by atomic mass is 16.5. The Morgan fingerprint density at radius 3 is 2.52 bits per heavy atom. The van der Waals surface area contributed by atoms with Crippen LogP contribution in [0, 0.1) is 5.92 Å². The summed E-state index contributed by atoms with van der Waals surface area (Å²) in [5.74, 6) is 1.17. The van der Waals surface area contributed by atoms with Crippen LogP contribution in [0.5, 0.6) is 5.75 Å². The van der Waals surface area contributed by atoms with E-state index in [-0.39, 0.29) is 17.9 Å². The molecule has 4 heteroatoms. The number of para-hydroxylation sites is 2. The van der Waals surface area contributed by atoms with Crippen LogP contribution in [-0.2, 0) is 11.2 Å². The van der Waals surface area contributed by atoms with Gasteiger partial charge >= 0.3 is 0 Å². The topological polar surface area (TPSA) is 54.1 Å². The van der Waals surface area contributed by atoms with Crippen LogP contribution in [0.15, 0.2) is 48.7 Å². The summed E-state index contributed by atoms with van der Waals surface area (Å²) in [6, 6.07) is 14.5. The van der Waals surface area contributed by atoms with Gasteiger partial charge in [-0.05, 0) is 36.5 Å². The first-order valence-corrected chi connectivity index (χ1v) is 10.5. The molecule has 3 rings (SSSR count). The van der Waals surface area contributed by atoms with Gasteiger partial charge in [0.15, 0.2) is 0 Å². The Labute approximate surface area is 173 Å². The number of hydrogen-bond donors (Lipinski definition) is 2. The predicted molar refractivity (Wildman–Crippen MR) is 120 cm³/mol. The van der Waals surface area contributed by atoms with Crippen molar-refractivity contribution in [3.05, 3.63) is 65.4 Å². The molecule has 0 fully saturated rings. The molecule has 2 atom stereocenters. The zero-order valence-electron chi connectivity index (χ0n) is 18.1. The second-order valence-electron chi connectivity index (χ2n) is 8.04. The molecule has 29 heavy (non-hydrogen) atoms. The van der Waals surface area contributed by atoms with Gasteiger partial charge in [0, 0.05) is 41.0 Å². The van der Waals surface area contributed by atoms with Crippen LogP contribution < -0.4 is 10.1 Å². The van der Waals surface area contributed by atoms with E-state index in [1.807, 2.05) is 18.2 Å². The van der Waals surface area contributed by atoms with Gasteiger partial charge in [0.05, 0.1) is 7.11 Å². The first kappa shape index (κ1) is 21.0. The van der Waals surface area contributed by atoms with E-state index in [0.29, 0.717) is 12.3 Å². The summed E-state index contributed by atoms with van der Waals surface area (Å²) in [5.41, 5.74) is 4.60. The number of amides is 1. The van der Waals surface area contributed by atoms with Gasteiger partial charge in [0.1, 0.15) is 5.75 Å². The molecule has 0 radical (unpaired) electrons.